The molecule has 1 aliphatic carbocycles. The van der Waals surface area contributed by atoms with Crippen LogP contribution in [0.25, 0.3) is 0 Å². The van der Waals surface area contributed by atoms with Crippen molar-refractivity contribution in [1.82, 2.24) is 0 Å². The maximum absolute atomic E-state index is 13.3. The largest absolute Gasteiger partial charge is 0.419 e. The number of hydrogen-bond donors (Lipinski definition) is 1. The molecular formula is C15H18F4O. The number of alkyl halides is 3. The van der Waals surface area contributed by atoms with Crippen LogP contribution >= 0.6 is 0 Å². The summed E-state index contributed by atoms with van der Waals surface area (Å²) in [5.41, 5.74) is -2.61. The summed E-state index contributed by atoms with van der Waals surface area (Å²) >= 11 is 0. The van der Waals surface area contributed by atoms with Gasteiger partial charge in [-0.25, -0.2) is 4.39 Å². The lowest BCUT2D eigenvalue weighted by Crippen LogP contribution is -2.36. The third-order valence-electron chi connectivity index (χ3n) is 4.02. The summed E-state index contributed by atoms with van der Waals surface area (Å²) < 4.78 is 51.6. The molecule has 2 rings (SSSR count). The van der Waals surface area contributed by atoms with Crippen molar-refractivity contribution in [3.05, 3.63) is 35.1 Å². The Kier molecular flexibility index (Phi) is 3.61. The minimum absolute atomic E-state index is 0.139. The van der Waals surface area contributed by atoms with E-state index in [0.717, 1.165) is 25.0 Å². The molecule has 1 atom stereocenters. The molecular weight excluding hydrogens is 272 g/mol. The van der Waals surface area contributed by atoms with Gasteiger partial charge in [-0.15, -0.1) is 0 Å². The Balaban J connectivity index is 2.43. The summed E-state index contributed by atoms with van der Waals surface area (Å²) in [6.45, 7) is 3.96. The first kappa shape index (κ1) is 15.3. The van der Waals surface area contributed by atoms with E-state index in [1.165, 1.54) is 6.07 Å². The van der Waals surface area contributed by atoms with Gasteiger partial charge in [0, 0.05) is 0 Å². The molecule has 0 aromatic heterocycles. The highest BCUT2D eigenvalue weighted by Crippen LogP contribution is 2.47. The molecule has 0 radical (unpaired) electrons. The summed E-state index contributed by atoms with van der Waals surface area (Å²) in [7, 11) is 0. The van der Waals surface area contributed by atoms with Gasteiger partial charge in [0.25, 0.3) is 0 Å². The molecule has 0 aliphatic heterocycles. The first-order valence-corrected chi connectivity index (χ1v) is 6.63. The van der Waals surface area contributed by atoms with Crippen molar-refractivity contribution in [1.29, 1.82) is 0 Å². The van der Waals surface area contributed by atoms with Crippen molar-refractivity contribution in [2.45, 2.75) is 51.3 Å². The van der Waals surface area contributed by atoms with Crippen LogP contribution in [0.1, 0.15) is 50.7 Å². The second-order valence-corrected chi connectivity index (χ2v) is 6.42. The number of hydrogen-bond acceptors (Lipinski definition) is 1. The van der Waals surface area contributed by atoms with E-state index in [0.29, 0.717) is 12.8 Å². The summed E-state index contributed by atoms with van der Waals surface area (Å²) in [5.74, 6) is -1.31. The van der Waals surface area contributed by atoms with Crippen LogP contribution in [0.15, 0.2) is 18.2 Å². The number of aliphatic hydroxyl groups is 1. The SMILES string of the molecule is CC1(C)CCCC(O)(c2ccc(F)c(C(F)(F)F)c2)C1. The summed E-state index contributed by atoms with van der Waals surface area (Å²) in [4.78, 5) is 0. The van der Waals surface area contributed by atoms with Gasteiger partial charge in [0.05, 0.1) is 11.2 Å². The van der Waals surface area contributed by atoms with Gasteiger partial charge in [0.1, 0.15) is 5.82 Å². The first-order valence-electron chi connectivity index (χ1n) is 6.63. The molecule has 0 bridgehead atoms. The zero-order valence-electron chi connectivity index (χ0n) is 11.5. The molecule has 0 heterocycles. The van der Waals surface area contributed by atoms with Gasteiger partial charge in [-0.2, -0.15) is 13.2 Å². The van der Waals surface area contributed by atoms with Crippen molar-refractivity contribution in [3.8, 4) is 0 Å². The number of benzene rings is 1. The molecule has 1 saturated carbocycles. The Hall–Kier alpha value is -1.10. The molecule has 20 heavy (non-hydrogen) atoms. The molecule has 0 spiro atoms. The van der Waals surface area contributed by atoms with Gasteiger partial charge < -0.3 is 5.11 Å². The maximum Gasteiger partial charge on any atom is 0.419 e. The fourth-order valence-corrected chi connectivity index (χ4v) is 3.11. The summed E-state index contributed by atoms with van der Waals surface area (Å²) in [5, 5.41) is 10.7. The molecule has 1 fully saturated rings. The molecule has 1 aromatic rings. The van der Waals surface area contributed by atoms with Gasteiger partial charge >= 0.3 is 6.18 Å². The van der Waals surface area contributed by atoms with Gasteiger partial charge in [-0.3, -0.25) is 0 Å². The molecule has 0 saturated heterocycles. The minimum atomic E-state index is -4.75. The lowest BCUT2D eigenvalue weighted by Gasteiger charge is -2.42. The molecule has 112 valence electrons. The molecule has 1 nitrogen and oxygen atoms in total. The van der Waals surface area contributed by atoms with Crippen molar-refractivity contribution in [2.24, 2.45) is 5.41 Å². The molecule has 0 amide bonds. The topological polar surface area (TPSA) is 20.2 Å². The van der Waals surface area contributed by atoms with Crippen LogP contribution in [0.5, 0.6) is 0 Å². The zero-order chi connectivity index (χ0) is 15.2. The number of rotatable bonds is 1. The number of halogens is 4. The standard InChI is InChI=1S/C15H18F4O/c1-13(2)6-3-7-14(20,9-13)10-4-5-12(16)11(8-10)15(17,18)19/h4-5,8,20H,3,6-7,9H2,1-2H3. The van der Waals surface area contributed by atoms with Crippen LogP contribution in [0.4, 0.5) is 17.6 Å². The fourth-order valence-electron chi connectivity index (χ4n) is 3.11. The van der Waals surface area contributed by atoms with Crippen LogP contribution in [0.3, 0.4) is 0 Å². The van der Waals surface area contributed by atoms with E-state index in [1.807, 2.05) is 13.8 Å². The van der Waals surface area contributed by atoms with Crippen molar-refractivity contribution >= 4 is 0 Å². The monoisotopic (exact) mass is 290 g/mol. The average Bonchev–Trinajstić information content (AvgIpc) is 2.25. The average molecular weight is 290 g/mol. The van der Waals surface area contributed by atoms with E-state index in [4.69, 9.17) is 0 Å². The van der Waals surface area contributed by atoms with E-state index in [1.54, 1.807) is 0 Å². The highest BCUT2D eigenvalue weighted by Gasteiger charge is 2.42. The Morgan fingerprint density at radius 2 is 1.80 bits per heavy atom. The smallest absolute Gasteiger partial charge is 0.385 e. The second-order valence-electron chi connectivity index (χ2n) is 6.42. The summed E-state index contributed by atoms with van der Waals surface area (Å²) in [6, 6.07) is 2.79. The van der Waals surface area contributed by atoms with Crippen LogP contribution in [0, 0.1) is 11.2 Å². The fraction of sp³-hybridized carbons (Fsp3) is 0.600. The third-order valence-corrected chi connectivity index (χ3v) is 4.02. The zero-order valence-corrected chi connectivity index (χ0v) is 11.5. The van der Waals surface area contributed by atoms with E-state index in [2.05, 4.69) is 0 Å². The van der Waals surface area contributed by atoms with E-state index in [-0.39, 0.29) is 11.0 Å². The molecule has 1 N–H and O–H groups in total. The second kappa shape index (κ2) is 4.72. The lowest BCUT2D eigenvalue weighted by molar-refractivity contribution is -0.140. The van der Waals surface area contributed by atoms with Crippen molar-refractivity contribution in [3.63, 3.8) is 0 Å². The maximum atomic E-state index is 13.3. The molecule has 5 heteroatoms. The lowest BCUT2D eigenvalue weighted by atomic mass is 9.67. The predicted octanol–water partition coefficient (Wildman–Crippen LogP) is 4.63. The van der Waals surface area contributed by atoms with E-state index >= 15 is 0 Å². The van der Waals surface area contributed by atoms with Crippen LogP contribution in [-0.2, 0) is 11.8 Å². The van der Waals surface area contributed by atoms with E-state index in [9.17, 15) is 22.7 Å². The van der Waals surface area contributed by atoms with Gasteiger partial charge in [-0.05, 0) is 48.8 Å². The normalized spacial score (nSPS) is 26.6. The highest BCUT2D eigenvalue weighted by atomic mass is 19.4. The Morgan fingerprint density at radius 3 is 2.35 bits per heavy atom. The Morgan fingerprint density at radius 1 is 1.15 bits per heavy atom. The van der Waals surface area contributed by atoms with Crippen molar-refractivity contribution in [2.75, 3.05) is 0 Å². The Bertz CT molecular complexity index is 507. The molecule has 1 aromatic carbocycles. The highest BCUT2D eigenvalue weighted by molar-refractivity contribution is 5.32. The molecule has 1 aliphatic rings. The van der Waals surface area contributed by atoms with Gasteiger partial charge in [0.2, 0.25) is 0 Å². The van der Waals surface area contributed by atoms with Gasteiger partial charge in [0.15, 0.2) is 0 Å². The van der Waals surface area contributed by atoms with Crippen molar-refractivity contribution < 1.29 is 22.7 Å². The van der Waals surface area contributed by atoms with Gasteiger partial charge in [-0.1, -0.05) is 19.9 Å². The first-order chi connectivity index (χ1) is 9.04. The predicted molar refractivity (Wildman–Crippen MR) is 67.5 cm³/mol. The molecule has 1 unspecified atom stereocenters. The van der Waals surface area contributed by atoms with Crippen LogP contribution in [0.2, 0.25) is 0 Å². The van der Waals surface area contributed by atoms with Crippen LogP contribution < -0.4 is 0 Å². The van der Waals surface area contributed by atoms with E-state index < -0.39 is 23.2 Å². The summed E-state index contributed by atoms with van der Waals surface area (Å²) in [6.07, 6.45) is -2.31. The minimum Gasteiger partial charge on any atom is -0.385 e. The quantitative estimate of drug-likeness (QED) is 0.747. The van der Waals surface area contributed by atoms with Crippen LogP contribution in [-0.4, -0.2) is 5.11 Å². The Labute approximate surface area is 115 Å². The third kappa shape index (κ3) is 2.97.